The largest absolute Gasteiger partial charge is 0.611 e. The van der Waals surface area contributed by atoms with Gasteiger partial charge in [-0.05, 0) is 34.9 Å². The Morgan fingerprint density at radius 2 is 1.72 bits per heavy atom. The Kier molecular flexibility index (Phi) is 6.59. The lowest BCUT2D eigenvalue weighted by Gasteiger charge is -2.12. The van der Waals surface area contributed by atoms with Gasteiger partial charge in [0.2, 0.25) is 0 Å². The highest BCUT2D eigenvalue weighted by Gasteiger charge is 2.20. The maximum Gasteiger partial charge on any atom is 0.348 e. The third-order valence-corrected chi connectivity index (χ3v) is 7.47. The molecule has 0 N–H and O–H groups in total. The Morgan fingerprint density at radius 3 is 2.41 bits per heavy atom. The molecule has 0 aliphatic rings. The number of rotatable bonds is 7. The Morgan fingerprint density at radius 1 is 1.06 bits per heavy atom. The second-order valence-electron chi connectivity index (χ2n) is 7.05. The quantitative estimate of drug-likeness (QED) is 0.307. The number of carbonyl (C=O) groups is 1. The van der Waals surface area contributed by atoms with Gasteiger partial charge in [-0.25, -0.2) is 9.59 Å². The van der Waals surface area contributed by atoms with Crippen LogP contribution in [0.3, 0.4) is 0 Å². The van der Waals surface area contributed by atoms with E-state index >= 15 is 0 Å². The van der Waals surface area contributed by atoms with Crippen LogP contribution in [0.15, 0.2) is 81.2 Å². The molecular weight excluding hydrogens is 448 g/mol. The van der Waals surface area contributed by atoms with E-state index in [0.29, 0.717) is 9.73 Å². The second-order valence-corrected chi connectivity index (χ2v) is 9.65. The third-order valence-electron chi connectivity index (χ3n) is 4.93. The number of ether oxygens (including phenoxy) is 1. The van der Waals surface area contributed by atoms with Crippen molar-refractivity contribution in [2.75, 3.05) is 5.75 Å². The van der Waals surface area contributed by atoms with E-state index in [0.717, 1.165) is 21.5 Å². The maximum atomic E-state index is 13.0. The molecule has 32 heavy (non-hydrogen) atoms. The first-order chi connectivity index (χ1) is 15.5. The van der Waals surface area contributed by atoms with Crippen molar-refractivity contribution < 1.29 is 14.1 Å². The van der Waals surface area contributed by atoms with Crippen LogP contribution in [0.2, 0.25) is 0 Å². The third kappa shape index (κ3) is 4.55. The minimum absolute atomic E-state index is 0.00653. The van der Waals surface area contributed by atoms with Crippen LogP contribution in [0.25, 0.3) is 10.2 Å². The van der Waals surface area contributed by atoms with Gasteiger partial charge in [-0.3, -0.25) is 13.9 Å². The number of hydrogen-bond donors (Lipinski definition) is 0. The van der Waals surface area contributed by atoms with Crippen LogP contribution >= 0.6 is 11.3 Å². The van der Waals surface area contributed by atoms with E-state index in [2.05, 4.69) is 0 Å². The number of nitrogens with zero attached hydrogens (tertiary/aromatic N) is 2. The van der Waals surface area contributed by atoms with Crippen LogP contribution in [-0.4, -0.2) is 25.4 Å². The highest BCUT2D eigenvalue weighted by atomic mass is 32.2. The first-order valence-electron chi connectivity index (χ1n) is 9.83. The van der Waals surface area contributed by atoms with E-state index in [4.69, 9.17) is 4.74 Å². The van der Waals surface area contributed by atoms with Crippen molar-refractivity contribution in [3.05, 3.63) is 98.0 Å². The predicted molar refractivity (Wildman–Crippen MR) is 125 cm³/mol. The number of benzene rings is 2. The minimum atomic E-state index is -1.34. The fraction of sp³-hybridized carbons (Fsp3) is 0.174. The van der Waals surface area contributed by atoms with Crippen LogP contribution in [0, 0.1) is 0 Å². The standard InChI is InChI=1S/C23H20N2O5S2/c1-24-21-18(14-19(31-21)22(27)30-15-16-8-4-2-5-9-16)20(26)25(23(24)28)12-13-32(29)17-10-6-3-7-11-17/h2-11,14H,12-13,15H2,1H3. The Labute approximate surface area is 190 Å². The summed E-state index contributed by atoms with van der Waals surface area (Å²) in [4.78, 5) is 39.5. The van der Waals surface area contributed by atoms with E-state index in [-0.39, 0.29) is 29.2 Å². The molecule has 0 fully saturated rings. The van der Waals surface area contributed by atoms with Crippen molar-refractivity contribution in [2.45, 2.75) is 18.0 Å². The summed E-state index contributed by atoms with van der Waals surface area (Å²) in [5, 5.41) is 0.259. The zero-order valence-corrected chi connectivity index (χ0v) is 18.9. The number of thiophene rings is 1. The Balaban J connectivity index is 1.57. The number of fused-ring (bicyclic) bond motifs is 1. The average molecular weight is 469 g/mol. The minimum Gasteiger partial charge on any atom is -0.611 e. The van der Waals surface area contributed by atoms with Crippen LogP contribution in [0.4, 0.5) is 0 Å². The van der Waals surface area contributed by atoms with Gasteiger partial charge in [0, 0.05) is 7.05 Å². The summed E-state index contributed by atoms with van der Waals surface area (Å²) in [7, 11) is 1.55. The van der Waals surface area contributed by atoms with Crippen molar-refractivity contribution in [2.24, 2.45) is 7.05 Å². The summed E-state index contributed by atoms with van der Waals surface area (Å²) in [6.45, 7) is 0.120. The molecule has 2 heterocycles. The van der Waals surface area contributed by atoms with Gasteiger partial charge in [-0.15, -0.1) is 11.3 Å². The van der Waals surface area contributed by atoms with E-state index < -0.39 is 28.4 Å². The second kappa shape index (κ2) is 9.56. The molecule has 0 bridgehead atoms. The first-order valence-corrected chi connectivity index (χ1v) is 12.0. The summed E-state index contributed by atoms with van der Waals surface area (Å²) in [5.74, 6) is -0.431. The summed E-state index contributed by atoms with van der Waals surface area (Å²) < 4.78 is 20.2. The molecule has 0 saturated heterocycles. The zero-order chi connectivity index (χ0) is 22.7. The van der Waals surface area contributed by atoms with Gasteiger partial charge < -0.3 is 9.29 Å². The molecule has 4 rings (SSSR count). The van der Waals surface area contributed by atoms with Gasteiger partial charge in [0.15, 0.2) is 4.90 Å². The smallest absolute Gasteiger partial charge is 0.348 e. The van der Waals surface area contributed by atoms with Crippen molar-refractivity contribution in [3.63, 3.8) is 0 Å². The van der Waals surface area contributed by atoms with Crippen LogP contribution in [0.5, 0.6) is 0 Å². The van der Waals surface area contributed by atoms with Crippen LogP contribution in [0.1, 0.15) is 15.2 Å². The fourth-order valence-corrected chi connectivity index (χ4v) is 5.28. The van der Waals surface area contributed by atoms with Crippen molar-refractivity contribution in [3.8, 4) is 0 Å². The summed E-state index contributed by atoms with van der Waals surface area (Å²) in [6.07, 6.45) is 0. The van der Waals surface area contributed by atoms with E-state index in [9.17, 15) is 18.9 Å². The highest BCUT2D eigenvalue weighted by molar-refractivity contribution is 7.91. The lowest BCUT2D eigenvalue weighted by Crippen LogP contribution is -2.40. The molecule has 4 aromatic rings. The Hall–Kier alpha value is -3.14. The van der Waals surface area contributed by atoms with E-state index in [1.54, 1.807) is 31.3 Å². The highest BCUT2D eigenvalue weighted by Crippen LogP contribution is 2.23. The van der Waals surface area contributed by atoms with E-state index in [1.807, 2.05) is 36.4 Å². The molecule has 164 valence electrons. The number of aryl methyl sites for hydroxylation is 1. The number of carbonyl (C=O) groups excluding carboxylic acids is 1. The lowest BCUT2D eigenvalue weighted by atomic mass is 10.2. The average Bonchev–Trinajstić information content (AvgIpc) is 3.28. The molecule has 2 aromatic carbocycles. The lowest BCUT2D eigenvalue weighted by molar-refractivity contribution is 0.0478. The van der Waals surface area contributed by atoms with E-state index in [1.165, 1.54) is 10.6 Å². The molecule has 2 aromatic heterocycles. The number of aromatic nitrogens is 2. The van der Waals surface area contributed by atoms with Crippen LogP contribution in [-0.2, 0) is 36.1 Å². The maximum absolute atomic E-state index is 13.0. The molecule has 0 aliphatic carbocycles. The number of hydrogen-bond acceptors (Lipinski definition) is 6. The molecule has 0 aliphatic heterocycles. The molecule has 1 unspecified atom stereocenters. The topological polar surface area (TPSA) is 93.4 Å². The molecule has 7 nitrogen and oxygen atoms in total. The van der Waals surface area contributed by atoms with Crippen molar-refractivity contribution >= 4 is 38.7 Å². The SMILES string of the molecule is Cn1c(=O)n(CC[S+]([O-])c2ccccc2)c(=O)c2cc(C(=O)OCc3ccccc3)sc21. The fourth-order valence-electron chi connectivity index (χ4n) is 3.24. The summed E-state index contributed by atoms with van der Waals surface area (Å²) in [6, 6.07) is 19.6. The summed E-state index contributed by atoms with van der Waals surface area (Å²) in [5.41, 5.74) is -0.173. The first kappa shape index (κ1) is 22.1. The van der Waals surface area contributed by atoms with Crippen molar-refractivity contribution in [1.29, 1.82) is 0 Å². The summed E-state index contributed by atoms with van der Waals surface area (Å²) >= 11 is -0.303. The van der Waals surface area contributed by atoms with Gasteiger partial charge in [-0.2, -0.15) is 0 Å². The van der Waals surface area contributed by atoms with Gasteiger partial charge >= 0.3 is 11.7 Å². The van der Waals surface area contributed by atoms with Gasteiger partial charge in [0.25, 0.3) is 5.56 Å². The predicted octanol–water partition coefficient (Wildman–Crippen LogP) is 2.93. The Bertz CT molecular complexity index is 1360. The monoisotopic (exact) mass is 468 g/mol. The molecular formula is C23H20N2O5S2. The molecule has 0 amide bonds. The molecule has 9 heteroatoms. The normalized spacial score (nSPS) is 12.1. The van der Waals surface area contributed by atoms with Crippen LogP contribution < -0.4 is 11.2 Å². The molecule has 1 atom stereocenters. The molecule has 0 spiro atoms. The van der Waals surface area contributed by atoms with Gasteiger partial charge in [-0.1, -0.05) is 48.5 Å². The van der Waals surface area contributed by atoms with Gasteiger partial charge in [0.1, 0.15) is 22.1 Å². The molecule has 0 radical (unpaired) electrons. The molecule has 0 saturated carbocycles. The number of esters is 1. The van der Waals surface area contributed by atoms with Crippen molar-refractivity contribution in [1.82, 2.24) is 9.13 Å². The van der Waals surface area contributed by atoms with Gasteiger partial charge in [0.05, 0.1) is 11.9 Å². The zero-order valence-electron chi connectivity index (χ0n) is 17.2.